The van der Waals surface area contributed by atoms with Crippen LogP contribution in [-0.2, 0) is 15.7 Å². The number of fused-ring (bicyclic) bond motifs is 1. The van der Waals surface area contributed by atoms with Crippen LogP contribution in [0, 0.1) is 6.92 Å². The Labute approximate surface area is 154 Å². The number of ether oxygens (including phenoxy) is 2. The maximum atomic E-state index is 13.5. The van der Waals surface area contributed by atoms with Gasteiger partial charge in [-0.1, -0.05) is 0 Å². The van der Waals surface area contributed by atoms with E-state index in [4.69, 9.17) is 9.15 Å². The molecule has 0 aliphatic heterocycles. The summed E-state index contributed by atoms with van der Waals surface area (Å²) in [5, 5.41) is 1.83. The van der Waals surface area contributed by atoms with Crippen LogP contribution < -0.4 is 10.2 Å². The highest BCUT2D eigenvalue weighted by atomic mass is 32.1. The fourth-order valence-electron chi connectivity index (χ4n) is 2.37. The number of aryl methyl sites for hydroxylation is 1. The summed E-state index contributed by atoms with van der Waals surface area (Å²) in [4.78, 5) is 27.8. The molecule has 0 bridgehead atoms. The van der Waals surface area contributed by atoms with Crippen molar-refractivity contribution in [2.45, 2.75) is 13.1 Å². The number of methoxy groups -OCH3 is 1. The average molecular weight is 399 g/mol. The van der Waals surface area contributed by atoms with Gasteiger partial charge in [-0.2, -0.15) is 13.2 Å². The van der Waals surface area contributed by atoms with Gasteiger partial charge in [-0.25, -0.2) is 9.78 Å². The number of esters is 1. The van der Waals surface area contributed by atoms with E-state index in [0.717, 1.165) is 17.4 Å². The summed E-state index contributed by atoms with van der Waals surface area (Å²) >= 11 is 1.12. The SMILES string of the molecule is COC(=O)COc1ccc2c(=O)c(-c3csc(C)n3)c(C(F)(F)F)oc2c1. The quantitative estimate of drug-likeness (QED) is 0.621. The molecule has 0 spiro atoms. The van der Waals surface area contributed by atoms with Gasteiger partial charge in [0.25, 0.3) is 0 Å². The van der Waals surface area contributed by atoms with E-state index in [1.54, 1.807) is 6.92 Å². The van der Waals surface area contributed by atoms with Crippen molar-refractivity contribution in [1.29, 1.82) is 0 Å². The van der Waals surface area contributed by atoms with Crippen molar-refractivity contribution >= 4 is 28.3 Å². The molecule has 0 amide bonds. The lowest BCUT2D eigenvalue weighted by atomic mass is 10.1. The summed E-state index contributed by atoms with van der Waals surface area (Å²) in [6.45, 7) is 1.18. The minimum atomic E-state index is -4.90. The van der Waals surface area contributed by atoms with Crippen molar-refractivity contribution in [2.24, 2.45) is 0 Å². The number of aromatic nitrogens is 1. The molecule has 3 aromatic rings. The summed E-state index contributed by atoms with van der Waals surface area (Å²) in [5.41, 5.74) is -1.90. The van der Waals surface area contributed by atoms with Gasteiger partial charge in [0.05, 0.1) is 28.8 Å². The Kier molecular flexibility index (Phi) is 4.92. The number of carbonyl (C=O) groups is 1. The molecular weight excluding hydrogens is 387 g/mol. The molecular formula is C17H12F3NO5S. The number of nitrogens with zero attached hydrogens (tertiary/aromatic N) is 1. The van der Waals surface area contributed by atoms with Crippen LogP contribution in [0.5, 0.6) is 5.75 Å². The largest absolute Gasteiger partial charge is 0.482 e. The number of hydrogen-bond donors (Lipinski definition) is 0. The monoisotopic (exact) mass is 399 g/mol. The van der Waals surface area contributed by atoms with Gasteiger partial charge in [0.15, 0.2) is 6.61 Å². The summed E-state index contributed by atoms with van der Waals surface area (Å²) < 4.78 is 55.1. The molecule has 0 aliphatic carbocycles. The maximum Gasteiger partial charge on any atom is 0.450 e. The number of hydrogen-bond acceptors (Lipinski definition) is 7. The van der Waals surface area contributed by atoms with Crippen molar-refractivity contribution in [3.8, 4) is 17.0 Å². The third-order valence-electron chi connectivity index (χ3n) is 3.58. The lowest BCUT2D eigenvalue weighted by Gasteiger charge is -2.12. The second kappa shape index (κ2) is 7.03. The second-order valence-electron chi connectivity index (χ2n) is 5.41. The zero-order valence-electron chi connectivity index (χ0n) is 14.0. The van der Waals surface area contributed by atoms with Crippen LogP contribution in [0.2, 0.25) is 0 Å². The van der Waals surface area contributed by atoms with Crippen LogP contribution >= 0.6 is 11.3 Å². The highest BCUT2D eigenvalue weighted by Gasteiger charge is 2.40. The molecule has 142 valence electrons. The van der Waals surface area contributed by atoms with E-state index in [1.807, 2.05) is 0 Å². The van der Waals surface area contributed by atoms with Gasteiger partial charge in [0.1, 0.15) is 11.3 Å². The molecule has 0 unspecified atom stereocenters. The number of carbonyl (C=O) groups excluding carboxylic acids is 1. The van der Waals surface area contributed by atoms with E-state index in [1.165, 1.54) is 24.6 Å². The van der Waals surface area contributed by atoms with Crippen molar-refractivity contribution in [3.05, 3.63) is 44.6 Å². The van der Waals surface area contributed by atoms with Crippen molar-refractivity contribution in [1.82, 2.24) is 4.98 Å². The summed E-state index contributed by atoms with van der Waals surface area (Å²) in [6, 6.07) is 3.74. The molecule has 27 heavy (non-hydrogen) atoms. The Hall–Kier alpha value is -2.88. The van der Waals surface area contributed by atoms with E-state index in [2.05, 4.69) is 9.72 Å². The first-order chi connectivity index (χ1) is 12.7. The van der Waals surface area contributed by atoms with Crippen LogP contribution in [0.25, 0.3) is 22.2 Å². The third-order valence-corrected chi connectivity index (χ3v) is 4.35. The molecule has 1 aromatic carbocycles. The molecule has 0 N–H and O–H groups in total. The highest BCUT2D eigenvalue weighted by molar-refractivity contribution is 7.09. The molecule has 6 nitrogen and oxygen atoms in total. The number of alkyl halides is 3. The molecule has 3 rings (SSSR count). The Balaban J connectivity index is 2.18. The number of halogens is 3. The number of rotatable bonds is 4. The normalized spacial score (nSPS) is 11.6. The highest BCUT2D eigenvalue weighted by Crippen LogP contribution is 2.38. The van der Waals surface area contributed by atoms with E-state index in [9.17, 15) is 22.8 Å². The molecule has 0 saturated carbocycles. The minimum Gasteiger partial charge on any atom is -0.482 e. The van der Waals surface area contributed by atoms with Crippen LogP contribution in [0.1, 0.15) is 10.8 Å². The summed E-state index contributed by atoms with van der Waals surface area (Å²) in [6.07, 6.45) is -4.90. The van der Waals surface area contributed by atoms with Gasteiger partial charge < -0.3 is 13.9 Å². The van der Waals surface area contributed by atoms with E-state index >= 15 is 0 Å². The smallest absolute Gasteiger partial charge is 0.450 e. The zero-order chi connectivity index (χ0) is 19.8. The molecule has 10 heteroatoms. The van der Waals surface area contributed by atoms with Crippen LogP contribution in [0.4, 0.5) is 13.2 Å². The predicted molar refractivity (Wildman–Crippen MR) is 90.8 cm³/mol. The van der Waals surface area contributed by atoms with Crippen molar-refractivity contribution in [3.63, 3.8) is 0 Å². The first-order valence-electron chi connectivity index (χ1n) is 7.51. The van der Waals surface area contributed by atoms with Gasteiger partial charge in [-0.05, 0) is 19.1 Å². The molecule has 2 heterocycles. The topological polar surface area (TPSA) is 78.6 Å². The van der Waals surface area contributed by atoms with E-state index in [0.29, 0.717) is 5.01 Å². The van der Waals surface area contributed by atoms with Gasteiger partial charge in [0, 0.05) is 11.4 Å². The van der Waals surface area contributed by atoms with E-state index < -0.39 is 35.5 Å². The lowest BCUT2D eigenvalue weighted by Crippen LogP contribution is -2.16. The Morgan fingerprint density at radius 3 is 2.67 bits per heavy atom. The first kappa shape index (κ1) is 18.9. The van der Waals surface area contributed by atoms with Gasteiger partial charge >= 0.3 is 12.1 Å². The van der Waals surface area contributed by atoms with Gasteiger partial charge in [-0.3, -0.25) is 4.79 Å². The molecule has 2 aromatic heterocycles. The Morgan fingerprint density at radius 1 is 1.33 bits per heavy atom. The molecule has 0 saturated heterocycles. The summed E-state index contributed by atoms with van der Waals surface area (Å²) in [5.74, 6) is -2.04. The maximum absolute atomic E-state index is 13.5. The predicted octanol–water partition coefficient (Wildman–Crippen LogP) is 3.80. The Morgan fingerprint density at radius 2 is 2.07 bits per heavy atom. The lowest BCUT2D eigenvalue weighted by molar-refractivity contribution is -0.152. The van der Waals surface area contributed by atoms with Crippen molar-refractivity contribution in [2.75, 3.05) is 13.7 Å². The van der Waals surface area contributed by atoms with Crippen LogP contribution in [0.15, 0.2) is 32.8 Å². The fraction of sp³-hybridized carbons (Fsp3) is 0.235. The van der Waals surface area contributed by atoms with Crippen LogP contribution in [-0.4, -0.2) is 24.7 Å². The number of thiazole rings is 1. The molecule has 0 atom stereocenters. The van der Waals surface area contributed by atoms with E-state index in [-0.39, 0.29) is 22.4 Å². The third kappa shape index (κ3) is 3.80. The minimum absolute atomic E-state index is 0.0569. The standard InChI is InChI=1S/C17H12F3NO5S/c1-8-21-11(7-27-8)14-15(23)10-4-3-9(25-6-13(22)24-2)5-12(10)26-16(14)17(18,19)20/h3-5,7H,6H2,1-2H3. The van der Waals surface area contributed by atoms with Crippen molar-refractivity contribution < 1.29 is 31.9 Å². The molecule has 0 radical (unpaired) electrons. The zero-order valence-corrected chi connectivity index (χ0v) is 14.9. The van der Waals surface area contributed by atoms with Gasteiger partial charge in [-0.15, -0.1) is 11.3 Å². The summed E-state index contributed by atoms with van der Waals surface area (Å²) in [7, 11) is 1.17. The fourth-order valence-corrected chi connectivity index (χ4v) is 2.98. The Bertz CT molecular complexity index is 1070. The first-order valence-corrected chi connectivity index (χ1v) is 8.39. The second-order valence-corrected chi connectivity index (χ2v) is 6.47. The molecule has 0 fully saturated rings. The van der Waals surface area contributed by atoms with Crippen LogP contribution in [0.3, 0.4) is 0 Å². The molecule has 0 aliphatic rings. The number of benzene rings is 1. The average Bonchev–Trinajstić information content (AvgIpc) is 3.04. The van der Waals surface area contributed by atoms with Gasteiger partial charge in [0.2, 0.25) is 11.2 Å².